The summed E-state index contributed by atoms with van der Waals surface area (Å²) >= 11 is 3.47. The van der Waals surface area contributed by atoms with Gasteiger partial charge in [-0.15, -0.1) is 0 Å². The molecule has 1 saturated heterocycles. The van der Waals surface area contributed by atoms with Gasteiger partial charge in [0.2, 0.25) is 0 Å². The van der Waals surface area contributed by atoms with Crippen LogP contribution in [-0.4, -0.2) is 18.0 Å². The Hall–Kier alpha value is 0.440. The van der Waals surface area contributed by atoms with E-state index in [0.29, 0.717) is 11.5 Å². The van der Waals surface area contributed by atoms with Crippen molar-refractivity contribution in [3.63, 3.8) is 0 Å². The van der Waals surface area contributed by atoms with E-state index in [1.165, 1.54) is 19.3 Å². The van der Waals surface area contributed by atoms with Crippen LogP contribution in [0.3, 0.4) is 0 Å². The summed E-state index contributed by atoms with van der Waals surface area (Å²) < 4.78 is 5.66. The molecule has 1 heterocycles. The van der Waals surface area contributed by atoms with Crippen LogP contribution in [0.4, 0.5) is 0 Å². The predicted molar refractivity (Wildman–Crippen MR) is 49.0 cm³/mol. The van der Waals surface area contributed by atoms with Gasteiger partial charge in [0.1, 0.15) is 0 Å². The third-order valence-electron chi connectivity index (χ3n) is 3.02. The second kappa shape index (κ2) is 2.74. The predicted octanol–water partition coefficient (Wildman–Crippen LogP) is 2.59. The van der Waals surface area contributed by atoms with Gasteiger partial charge in [0, 0.05) is 5.33 Å². The average molecular weight is 219 g/mol. The highest BCUT2D eigenvalue weighted by atomic mass is 79.9. The second-order valence-electron chi connectivity index (χ2n) is 4.30. The third kappa shape index (κ3) is 1.35. The van der Waals surface area contributed by atoms with Crippen LogP contribution >= 0.6 is 15.9 Å². The zero-order valence-electron chi connectivity index (χ0n) is 6.98. The highest BCUT2D eigenvalue weighted by molar-refractivity contribution is 9.09. The fraction of sp³-hybridized carbons (Fsp3) is 1.00. The van der Waals surface area contributed by atoms with Crippen molar-refractivity contribution < 1.29 is 4.74 Å². The van der Waals surface area contributed by atoms with E-state index in [1.54, 1.807) is 0 Å². The number of halogens is 1. The first-order chi connectivity index (χ1) is 5.24. The van der Waals surface area contributed by atoms with Crippen LogP contribution in [0.5, 0.6) is 0 Å². The summed E-state index contributed by atoms with van der Waals surface area (Å²) in [5, 5.41) is 1.02. The van der Waals surface area contributed by atoms with Crippen LogP contribution in [0.15, 0.2) is 0 Å². The monoisotopic (exact) mass is 218 g/mol. The van der Waals surface area contributed by atoms with E-state index in [0.717, 1.165) is 17.9 Å². The summed E-state index contributed by atoms with van der Waals surface area (Å²) in [4.78, 5) is 0. The van der Waals surface area contributed by atoms with E-state index in [4.69, 9.17) is 4.74 Å². The van der Waals surface area contributed by atoms with Gasteiger partial charge < -0.3 is 4.74 Å². The van der Waals surface area contributed by atoms with Gasteiger partial charge in [-0.1, -0.05) is 22.9 Å². The quantitative estimate of drug-likeness (QED) is 0.616. The van der Waals surface area contributed by atoms with Gasteiger partial charge in [-0.2, -0.15) is 0 Å². The van der Waals surface area contributed by atoms with Gasteiger partial charge in [-0.25, -0.2) is 0 Å². The second-order valence-corrected chi connectivity index (χ2v) is 4.95. The standard InChI is InChI=1S/C9H15BrO/c1-7-2-9(3-7)4-8(5-10)11-6-9/h7-8H,2-6H2,1H3/t7?,8-,9?/m0/s1. The Bertz CT molecular complexity index is 152. The number of hydrogen-bond donors (Lipinski definition) is 0. The minimum Gasteiger partial charge on any atom is -0.377 e. The SMILES string of the molecule is CC1CC2(CO[C@H](CBr)C2)C1. The largest absolute Gasteiger partial charge is 0.377 e. The van der Waals surface area contributed by atoms with Crippen LogP contribution in [0.25, 0.3) is 0 Å². The molecule has 64 valence electrons. The Kier molecular flexibility index (Phi) is 2.00. The smallest absolute Gasteiger partial charge is 0.0678 e. The van der Waals surface area contributed by atoms with Gasteiger partial charge in [0.25, 0.3) is 0 Å². The van der Waals surface area contributed by atoms with E-state index in [-0.39, 0.29) is 0 Å². The van der Waals surface area contributed by atoms with Crippen LogP contribution in [0, 0.1) is 11.3 Å². The highest BCUT2D eigenvalue weighted by Crippen LogP contribution is 2.52. The molecule has 0 bridgehead atoms. The lowest BCUT2D eigenvalue weighted by Gasteiger charge is -2.42. The van der Waals surface area contributed by atoms with Crippen molar-refractivity contribution in [3.05, 3.63) is 0 Å². The topological polar surface area (TPSA) is 9.23 Å². The summed E-state index contributed by atoms with van der Waals surface area (Å²) in [6.45, 7) is 3.36. The number of ether oxygens (including phenoxy) is 1. The van der Waals surface area contributed by atoms with Crippen molar-refractivity contribution in [1.29, 1.82) is 0 Å². The van der Waals surface area contributed by atoms with E-state index >= 15 is 0 Å². The molecule has 2 heteroatoms. The maximum atomic E-state index is 5.66. The van der Waals surface area contributed by atoms with E-state index < -0.39 is 0 Å². The Morgan fingerprint density at radius 1 is 1.45 bits per heavy atom. The minimum atomic E-state index is 0.502. The highest BCUT2D eigenvalue weighted by Gasteiger charge is 2.47. The van der Waals surface area contributed by atoms with Gasteiger partial charge >= 0.3 is 0 Å². The molecule has 1 aliphatic heterocycles. The Morgan fingerprint density at radius 2 is 2.18 bits per heavy atom. The van der Waals surface area contributed by atoms with Crippen molar-refractivity contribution in [1.82, 2.24) is 0 Å². The van der Waals surface area contributed by atoms with Crippen LogP contribution in [0.2, 0.25) is 0 Å². The zero-order valence-corrected chi connectivity index (χ0v) is 8.56. The molecule has 1 saturated carbocycles. The first kappa shape index (κ1) is 8.06. The normalized spacial score (nSPS) is 49.6. The Morgan fingerprint density at radius 3 is 2.64 bits per heavy atom. The van der Waals surface area contributed by atoms with E-state index in [2.05, 4.69) is 22.9 Å². The summed E-state index contributed by atoms with van der Waals surface area (Å²) in [5.74, 6) is 0.952. The molecule has 1 atom stereocenters. The van der Waals surface area contributed by atoms with Crippen LogP contribution in [0.1, 0.15) is 26.2 Å². The Labute approximate surface area is 76.6 Å². The number of alkyl halides is 1. The lowest BCUT2D eigenvalue weighted by molar-refractivity contribution is 0.0408. The average Bonchev–Trinajstić information content (AvgIpc) is 2.31. The molecule has 0 unspecified atom stereocenters. The van der Waals surface area contributed by atoms with Crippen molar-refractivity contribution in [3.8, 4) is 0 Å². The third-order valence-corrected chi connectivity index (χ3v) is 3.74. The summed E-state index contributed by atoms with van der Waals surface area (Å²) in [6.07, 6.45) is 4.60. The molecule has 0 radical (unpaired) electrons. The summed E-state index contributed by atoms with van der Waals surface area (Å²) in [7, 11) is 0. The first-order valence-corrected chi connectivity index (χ1v) is 5.54. The molecule has 1 nitrogen and oxygen atoms in total. The first-order valence-electron chi connectivity index (χ1n) is 4.42. The number of rotatable bonds is 1. The fourth-order valence-electron chi connectivity index (χ4n) is 2.70. The molecular weight excluding hydrogens is 204 g/mol. The molecule has 1 spiro atoms. The molecular formula is C9H15BrO. The molecule has 0 N–H and O–H groups in total. The van der Waals surface area contributed by atoms with Gasteiger partial charge in [-0.05, 0) is 30.6 Å². The molecule has 0 aromatic heterocycles. The maximum absolute atomic E-state index is 5.66. The molecule has 1 aliphatic carbocycles. The van der Waals surface area contributed by atoms with E-state index in [9.17, 15) is 0 Å². The van der Waals surface area contributed by atoms with Crippen LogP contribution in [-0.2, 0) is 4.74 Å². The zero-order chi connectivity index (χ0) is 7.90. The molecule has 2 fully saturated rings. The Balaban J connectivity index is 1.89. The van der Waals surface area contributed by atoms with Crippen molar-refractivity contribution in [2.75, 3.05) is 11.9 Å². The minimum absolute atomic E-state index is 0.502. The van der Waals surface area contributed by atoms with Crippen molar-refractivity contribution in [2.24, 2.45) is 11.3 Å². The lowest BCUT2D eigenvalue weighted by atomic mass is 9.62. The van der Waals surface area contributed by atoms with Crippen molar-refractivity contribution in [2.45, 2.75) is 32.3 Å². The molecule has 0 aromatic rings. The molecule has 0 aromatic carbocycles. The fourth-order valence-corrected chi connectivity index (χ4v) is 3.11. The number of hydrogen-bond acceptors (Lipinski definition) is 1. The summed E-state index contributed by atoms with van der Waals surface area (Å²) in [6, 6.07) is 0. The maximum Gasteiger partial charge on any atom is 0.0678 e. The van der Waals surface area contributed by atoms with Crippen LogP contribution < -0.4 is 0 Å². The van der Waals surface area contributed by atoms with Crippen molar-refractivity contribution >= 4 is 15.9 Å². The molecule has 0 amide bonds. The molecule has 11 heavy (non-hydrogen) atoms. The van der Waals surface area contributed by atoms with Gasteiger partial charge in [0.05, 0.1) is 12.7 Å². The lowest BCUT2D eigenvalue weighted by Crippen LogP contribution is -2.36. The van der Waals surface area contributed by atoms with E-state index in [1.807, 2.05) is 0 Å². The summed E-state index contributed by atoms with van der Waals surface area (Å²) in [5.41, 5.74) is 0.609. The van der Waals surface area contributed by atoms with Gasteiger partial charge in [0.15, 0.2) is 0 Å². The molecule has 2 aliphatic rings. The van der Waals surface area contributed by atoms with Gasteiger partial charge in [-0.3, -0.25) is 0 Å². The molecule has 2 rings (SSSR count).